The van der Waals surface area contributed by atoms with Crippen LogP contribution >= 0.6 is 11.6 Å². The highest BCUT2D eigenvalue weighted by atomic mass is 35.5. The minimum absolute atomic E-state index is 0.103. The molecule has 2 fully saturated rings. The predicted octanol–water partition coefficient (Wildman–Crippen LogP) is 3.05. The quantitative estimate of drug-likeness (QED) is 0.821. The lowest BCUT2D eigenvalue weighted by atomic mass is 10.00. The van der Waals surface area contributed by atoms with Crippen LogP contribution in [0, 0.1) is 11.8 Å². The molecule has 0 aromatic heterocycles. The topological polar surface area (TPSA) is 35.5 Å². The van der Waals surface area contributed by atoms with Crippen LogP contribution in [0.2, 0.25) is 5.02 Å². The molecule has 3 unspecified atom stereocenters. The molecule has 0 radical (unpaired) electrons. The normalized spacial score (nSPS) is 28.1. The summed E-state index contributed by atoms with van der Waals surface area (Å²) in [5.74, 6) is 1.12. The molecule has 1 saturated carbocycles. The van der Waals surface area contributed by atoms with Crippen molar-refractivity contribution >= 4 is 17.3 Å². The van der Waals surface area contributed by atoms with Gasteiger partial charge in [-0.15, -0.1) is 0 Å². The summed E-state index contributed by atoms with van der Waals surface area (Å²) in [7, 11) is 0. The number of aliphatic hydroxyl groups is 1. The van der Waals surface area contributed by atoms with E-state index in [9.17, 15) is 5.11 Å². The van der Waals surface area contributed by atoms with Crippen LogP contribution in [0.5, 0.6) is 0 Å². The number of benzene rings is 1. The molecule has 0 spiro atoms. The molecule has 1 heterocycles. The zero-order valence-corrected chi connectivity index (χ0v) is 13.4. The Labute approximate surface area is 132 Å². The fraction of sp³-hybridized carbons (Fsp3) is 0.647. The van der Waals surface area contributed by atoms with Crippen molar-refractivity contribution in [2.45, 2.75) is 38.8 Å². The summed E-state index contributed by atoms with van der Waals surface area (Å²) in [5, 5.41) is 14.4. The summed E-state index contributed by atoms with van der Waals surface area (Å²) in [5.41, 5.74) is 2.55. The molecular weight excluding hydrogens is 284 g/mol. The molecule has 1 aromatic carbocycles. The lowest BCUT2D eigenvalue weighted by molar-refractivity contribution is 0.133. The highest BCUT2D eigenvalue weighted by Crippen LogP contribution is 2.40. The Morgan fingerprint density at radius 3 is 2.95 bits per heavy atom. The number of hydrogen-bond donors (Lipinski definition) is 2. The molecular formula is C17H25ClN2O. The van der Waals surface area contributed by atoms with Gasteiger partial charge >= 0.3 is 0 Å². The Bertz CT molecular complexity index is 494. The first-order valence-corrected chi connectivity index (χ1v) is 8.49. The van der Waals surface area contributed by atoms with Crippen LogP contribution in [0.1, 0.15) is 31.7 Å². The lowest BCUT2D eigenvalue weighted by Gasteiger charge is -2.24. The third-order valence-electron chi connectivity index (χ3n) is 4.94. The Balaban J connectivity index is 1.75. The molecule has 3 atom stereocenters. The van der Waals surface area contributed by atoms with Crippen molar-refractivity contribution in [3.8, 4) is 0 Å². The molecule has 21 heavy (non-hydrogen) atoms. The number of nitrogens with one attached hydrogen (secondary N) is 1. The summed E-state index contributed by atoms with van der Waals surface area (Å²) >= 11 is 6.17. The highest BCUT2D eigenvalue weighted by Gasteiger charge is 2.42. The number of aliphatic hydroxyl groups excluding tert-OH is 1. The first-order valence-electron chi connectivity index (χ1n) is 8.11. The Morgan fingerprint density at radius 2 is 2.19 bits per heavy atom. The standard InChI is InChI=1S/C17H25ClN2O/c1-2-7-19-9-13-8-14(18)4-5-16(13)20-10-12-3-6-17(21)15(12)11-20/h4-5,8,12,15,17,19,21H,2-3,6-7,9-11H2,1H3. The summed E-state index contributed by atoms with van der Waals surface area (Å²) < 4.78 is 0. The number of fused-ring (bicyclic) bond motifs is 1. The Hall–Kier alpha value is -0.770. The molecule has 2 aliphatic rings. The van der Waals surface area contributed by atoms with Crippen LogP contribution in [-0.4, -0.2) is 30.8 Å². The van der Waals surface area contributed by atoms with Crippen LogP contribution in [0.15, 0.2) is 18.2 Å². The van der Waals surface area contributed by atoms with E-state index < -0.39 is 0 Å². The van der Waals surface area contributed by atoms with Gasteiger partial charge in [-0.05, 0) is 55.5 Å². The second-order valence-electron chi connectivity index (χ2n) is 6.42. The van der Waals surface area contributed by atoms with Crippen LogP contribution < -0.4 is 10.2 Å². The number of nitrogens with zero attached hydrogens (tertiary/aromatic N) is 1. The molecule has 0 amide bonds. The third-order valence-corrected chi connectivity index (χ3v) is 5.18. The van der Waals surface area contributed by atoms with Gasteiger partial charge in [0.25, 0.3) is 0 Å². The maximum atomic E-state index is 10.1. The van der Waals surface area contributed by atoms with Crippen LogP contribution in [0.25, 0.3) is 0 Å². The van der Waals surface area contributed by atoms with E-state index >= 15 is 0 Å². The summed E-state index contributed by atoms with van der Waals surface area (Å²) in [6.45, 7) is 6.11. The Kier molecular flexibility index (Phi) is 4.72. The van der Waals surface area contributed by atoms with Crippen molar-refractivity contribution in [1.29, 1.82) is 0 Å². The number of anilines is 1. The summed E-state index contributed by atoms with van der Waals surface area (Å²) in [6.07, 6.45) is 3.18. The molecule has 3 rings (SSSR count). The lowest BCUT2D eigenvalue weighted by Crippen LogP contribution is -2.26. The average Bonchev–Trinajstić information content (AvgIpc) is 3.02. The second-order valence-corrected chi connectivity index (χ2v) is 6.86. The molecule has 4 heteroatoms. The zero-order valence-electron chi connectivity index (χ0n) is 12.7. The van der Waals surface area contributed by atoms with Crippen LogP contribution in [0.4, 0.5) is 5.69 Å². The van der Waals surface area contributed by atoms with Crippen molar-refractivity contribution in [3.63, 3.8) is 0 Å². The number of halogens is 1. The van der Waals surface area contributed by atoms with E-state index in [4.69, 9.17) is 11.6 Å². The monoisotopic (exact) mass is 308 g/mol. The first kappa shape index (κ1) is 15.1. The van der Waals surface area contributed by atoms with E-state index in [0.717, 1.165) is 44.0 Å². The fourth-order valence-electron chi connectivity index (χ4n) is 3.84. The SMILES string of the molecule is CCCNCc1cc(Cl)ccc1N1CC2CCC(O)C2C1. The van der Waals surface area contributed by atoms with E-state index in [2.05, 4.69) is 29.3 Å². The predicted molar refractivity (Wildman–Crippen MR) is 87.9 cm³/mol. The number of hydrogen-bond acceptors (Lipinski definition) is 3. The van der Waals surface area contributed by atoms with E-state index in [1.807, 2.05) is 6.07 Å². The molecule has 1 aliphatic heterocycles. The van der Waals surface area contributed by atoms with Gasteiger partial charge in [0.05, 0.1) is 6.10 Å². The maximum Gasteiger partial charge on any atom is 0.0588 e. The minimum atomic E-state index is -0.103. The highest BCUT2D eigenvalue weighted by molar-refractivity contribution is 6.30. The molecule has 1 saturated heterocycles. The molecule has 2 N–H and O–H groups in total. The van der Waals surface area contributed by atoms with Gasteiger partial charge in [0.1, 0.15) is 0 Å². The fourth-order valence-corrected chi connectivity index (χ4v) is 4.03. The van der Waals surface area contributed by atoms with Gasteiger partial charge in [0.2, 0.25) is 0 Å². The minimum Gasteiger partial charge on any atom is -0.393 e. The van der Waals surface area contributed by atoms with Gasteiger partial charge in [-0.2, -0.15) is 0 Å². The van der Waals surface area contributed by atoms with Crippen LogP contribution in [0.3, 0.4) is 0 Å². The van der Waals surface area contributed by atoms with Crippen molar-refractivity contribution in [1.82, 2.24) is 5.32 Å². The average molecular weight is 309 g/mol. The molecule has 116 valence electrons. The summed E-state index contributed by atoms with van der Waals surface area (Å²) in [4.78, 5) is 2.44. The van der Waals surface area contributed by atoms with E-state index in [1.54, 1.807) is 0 Å². The molecule has 0 bridgehead atoms. The van der Waals surface area contributed by atoms with Gasteiger partial charge in [-0.3, -0.25) is 0 Å². The molecule has 3 nitrogen and oxygen atoms in total. The van der Waals surface area contributed by atoms with Crippen molar-refractivity contribution in [3.05, 3.63) is 28.8 Å². The van der Waals surface area contributed by atoms with E-state index in [1.165, 1.54) is 17.7 Å². The van der Waals surface area contributed by atoms with Crippen molar-refractivity contribution < 1.29 is 5.11 Å². The van der Waals surface area contributed by atoms with E-state index in [0.29, 0.717) is 11.8 Å². The molecule has 1 aliphatic carbocycles. The van der Waals surface area contributed by atoms with E-state index in [-0.39, 0.29) is 6.10 Å². The van der Waals surface area contributed by atoms with Crippen molar-refractivity contribution in [2.75, 3.05) is 24.5 Å². The number of rotatable bonds is 5. The van der Waals surface area contributed by atoms with Gasteiger partial charge in [0.15, 0.2) is 0 Å². The molecule has 1 aromatic rings. The van der Waals surface area contributed by atoms with Gasteiger partial charge in [-0.25, -0.2) is 0 Å². The van der Waals surface area contributed by atoms with Crippen molar-refractivity contribution in [2.24, 2.45) is 11.8 Å². The zero-order chi connectivity index (χ0) is 14.8. The maximum absolute atomic E-state index is 10.1. The third kappa shape index (κ3) is 3.20. The summed E-state index contributed by atoms with van der Waals surface area (Å²) in [6, 6.07) is 6.19. The second kappa shape index (κ2) is 6.55. The van der Waals surface area contributed by atoms with Gasteiger partial charge in [-0.1, -0.05) is 18.5 Å². The van der Waals surface area contributed by atoms with Gasteiger partial charge in [0, 0.05) is 36.3 Å². The Morgan fingerprint density at radius 1 is 1.33 bits per heavy atom. The van der Waals surface area contributed by atoms with Crippen LogP contribution in [-0.2, 0) is 6.54 Å². The smallest absolute Gasteiger partial charge is 0.0588 e. The largest absolute Gasteiger partial charge is 0.393 e. The first-order chi connectivity index (χ1) is 10.2. The van der Waals surface area contributed by atoms with Gasteiger partial charge < -0.3 is 15.3 Å².